The van der Waals surface area contributed by atoms with E-state index in [1.54, 1.807) is 29.1 Å². The van der Waals surface area contributed by atoms with E-state index < -0.39 is 11.7 Å². The average Bonchev–Trinajstić information content (AvgIpc) is 3.23. The molecule has 1 amide bonds. The first-order valence-electron chi connectivity index (χ1n) is 11.4. The molecule has 37 heavy (non-hydrogen) atoms. The van der Waals surface area contributed by atoms with Crippen molar-refractivity contribution in [2.75, 3.05) is 11.1 Å². The van der Waals surface area contributed by atoms with Gasteiger partial charge >= 0.3 is 0 Å². The lowest BCUT2D eigenvalue weighted by molar-refractivity contribution is 0.1000. The number of fused-ring (bicyclic) bond motifs is 1. The van der Waals surface area contributed by atoms with Crippen LogP contribution in [0, 0.1) is 19.7 Å². The van der Waals surface area contributed by atoms with E-state index in [1.807, 2.05) is 45.2 Å². The van der Waals surface area contributed by atoms with E-state index in [-0.39, 0.29) is 11.4 Å². The van der Waals surface area contributed by atoms with Crippen molar-refractivity contribution in [3.05, 3.63) is 83.4 Å². The minimum Gasteiger partial charge on any atom is -0.436 e. The van der Waals surface area contributed by atoms with Crippen LogP contribution in [0.4, 0.5) is 21.7 Å². The fourth-order valence-electron chi connectivity index (χ4n) is 4.07. The number of aromatic nitrogens is 4. The highest BCUT2D eigenvalue weighted by atomic mass is 19.1. The fraction of sp³-hybridized carbons (Fsp3) is 0.111. The molecule has 2 heterocycles. The molecular weight excluding hydrogens is 473 g/mol. The van der Waals surface area contributed by atoms with Gasteiger partial charge in [0, 0.05) is 29.5 Å². The van der Waals surface area contributed by atoms with Crippen LogP contribution < -0.4 is 21.5 Å². The molecule has 0 saturated carbocycles. The number of nitrogen functional groups attached to an aromatic ring is 1. The molecule has 0 saturated heterocycles. The lowest BCUT2D eigenvalue weighted by Crippen LogP contribution is -2.11. The van der Waals surface area contributed by atoms with Gasteiger partial charge in [0.2, 0.25) is 11.9 Å². The number of imidazole rings is 1. The van der Waals surface area contributed by atoms with Crippen LogP contribution in [0.2, 0.25) is 0 Å². The van der Waals surface area contributed by atoms with Crippen molar-refractivity contribution in [1.29, 1.82) is 0 Å². The quantitative estimate of drug-likeness (QED) is 0.281. The number of halogens is 1. The van der Waals surface area contributed by atoms with Gasteiger partial charge in [0.25, 0.3) is 5.88 Å². The summed E-state index contributed by atoms with van der Waals surface area (Å²) >= 11 is 0. The third kappa shape index (κ3) is 4.64. The first-order chi connectivity index (χ1) is 17.7. The molecule has 3 aromatic carbocycles. The normalized spacial score (nSPS) is 11.0. The van der Waals surface area contributed by atoms with Gasteiger partial charge in [0.1, 0.15) is 11.6 Å². The minimum atomic E-state index is -0.683. The van der Waals surface area contributed by atoms with Crippen molar-refractivity contribution in [2.24, 2.45) is 12.8 Å². The lowest BCUT2D eigenvalue weighted by Gasteiger charge is -2.15. The molecule has 9 nitrogen and oxygen atoms in total. The number of ether oxygens (including phenoxy) is 1. The second kappa shape index (κ2) is 9.23. The number of rotatable bonds is 6. The molecule has 5 N–H and O–H groups in total. The molecule has 0 atom stereocenters. The number of anilines is 3. The van der Waals surface area contributed by atoms with Crippen molar-refractivity contribution in [3.63, 3.8) is 0 Å². The summed E-state index contributed by atoms with van der Waals surface area (Å²) in [5.41, 5.74) is 16.2. The number of benzene rings is 3. The summed E-state index contributed by atoms with van der Waals surface area (Å²) in [6, 6.07) is 15.0. The molecule has 0 bridgehead atoms. The highest BCUT2D eigenvalue weighted by molar-refractivity contribution is 5.93. The van der Waals surface area contributed by atoms with Crippen molar-refractivity contribution < 1.29 is 13.9 Å². The zero-order chi connectivity index (χ0) is 26.3. The Morgan fingerprint density at radius 1 is 1.03 bits per heavy atom. The van der Waals surface area contributed by atoms with Gasteiger partial charge in [-0.05, 0) is 79.1 Å². The number of carbonyl (C=O) groups excluding carboxylic acids is 1. The highest BCUT2D eigenvalue weighted by Gasteiger charge is 2.18. The first-order valence-corrected chi connectivity index (χ1v) is 11.4. The Balaban J connectivity index is 1.52. The van der Waals surface area contributed by atoms with Gasteiger partial charge in [-0.3, -0.25) is 4.79 Å². The average molecular weight is 498 g/mol. The summed E-state index contributed by atoms with van der Waals surface area (Å²) in [7, 11) is 1.84. The van der Waals surface area contributed by atoms with Crippen molar-refractivity contribution in [2.45, 2.75) is 13.8 Å². The highest BCUT2D eigenvalue weighted by Crippen LogP contribution is 2.36. The number of amides is 1. The maximum atomic E-state index is 14.7. The van der Waals surface area contributed by atoms with Crippen LogP contribution in [-0.4, -0.2) is 25.4 Å². The Morgan fingerprint density at radius 2 is 1.73 bits per heavy atom. The number of nitrogens with zero attached hydrogens (tertiary/aromatic N) is 4. The largest absolute Gasteiger partial charge is 0.436 e. The van der Waals surface area contributed by atoms with Gasteiger partial charge in [-0.25, -0.2) is 9.37 Å². The Bertz CT molecular complexity index is 1640. The molecule has 0 fully saturated rings. The Hall–Kier alpha value is -4.99. The van der Waals surface area contributed by atoms with E-state index in [9.17, 15) is 9.18 Å². The number of nitrogens with one attached hydrogen (secondary N) is 1. The van der Waals surface area contributed by atoms with Crippen molar-refractivity contribution in [1.82, 2.24) is 19.5 Å². The topological polar surface area (TPSA) is 134 Å². The van der Waals surface area contributed by atoms with E-state index in [0.29, 0.717) is 39.7 Å². The molecule has 0 spiro atoms. The van der Waals surface area contributed by atoms with Gasteiger partial charge in [-0.2, -0.15) is 9.97 Å². The summed E-state index contributed by atoms with van der Waals surface area (Å²) in [4.78, 5) is 24.9. The van der Waals surface area contributed by atoms with E-state index >= 15 is 0 Å². The van der Waals surface area contributed by atoms with Crippen LogP contribution in [0.1, 0.15) is 21.5 Å². The van der Waals surface area contributed by atoms with E-state index in [4.69, 9.17) is 16.2 Å². The summed E-state index contributed by atoms with van der Waals surface area (Å²) in [6.45, 7) is 3.73. The molecule has 5 rings (SSSR count). The van der Waals surface area contributed by atoms with Crippen LogP contribution >= 0.6 is 0 Å². The maximum absolute atomic E-state index is 14.7. The van der Waals surface area contributed by atoms with Gasteiger partial charge in [-0.15, -0.1) is 0 Å². The van der Waals surface area contributed by atoms with E-state index in [0.717, 1.165) is 22.9 Å². The molecule has 0 unspecified atom stereocenters. The second-order valence-corrected chi connectivity index (χ2v) is 8.73. The zero-order valence-corrected chi connectivity index (χ0v) is 20.4. The van der Waals surface area contributed by atoms with E-state index in [1.165, 1.54) is 6.07 Å². The summed E-state index contributed by atoms with van der Waals surface area (Å²) in [5, 5.41) is 3.17. The SMILES string of the molecule is Cc1cc(-c2ccc(C(N)=O)cc2F)cc(C)c1Oc1nc(Nc2ccc(N)cc2)nc2c1ncn2C. The van der Waals surface area contributed by atoms with Crippen molar-refractivity contribution >= 4 is 34.4 Å². The van der Waals surface area contributed by atoms with Gasteiger partial charge in [-0.1, -0.05) is 6.07 Å². The molecular formula is C27H24FN7O2. The number of hydrogen-bond acceptors (Lipinski definition) is 7. The van der Waals surface area contributed by atoms with Crippen LogP contribution in [0.15, 0.2) is 60.9 Å². The second-order valence-electron chi connectivity index (χ2n) is 8.73. The number of carbonyl (C=O) groups is 1. The Kier molecular flexibility index (Phi) is 5.92. The van der Waals surface area contributed by atoms with Crippen LogP contribution in [0.3, 0.4) is 0 Å². The van der Waals surface area contributed by atoms with E-state index in [2.05, 4.69) is 20.3 Å². The molecule has 2 aromatic heterocycles. The number of primary amides is 1. The maximum Gasteiger partial charge on any atom is 0.252 e. The lowest BCUT2D eigenvalue weighted by atomic mass is 9.98. The van der Waals surface area contributed by atoms with Crippen LogP contribution in [0.25, 0.3) is 22.3 Å². The Morgan fingerprint density at radius 3 is 2.38 bits per heavy atom. The third-order valence-corrected chi connectivity index (χ3v) is 5.92. The molecule has 186 valence electrons. The summed E-state index contributed by atoms with van der Waals surface area (Å²) < 4.78 is 22.8. The zero-order valence-electron chi connectivity index (χ0n) is 20.4. The standard InChI is InChI=1S/C27H24FN7O2/c1-14-10-17(20-9-4-16(24(30)36)12-21(20)28)11-15(2)23(14)37-26-22-25(35(3)13-31-22)33-27(34-26)32-19-7-5-18(29)6-8-19/h4-13H,29H2,1-3H3,(H2,30,36)(H,32,33,34). The third-order valence-electron chi connectivity index (χ3n) is 5.92. The summed E-state index contributed by atoms with van der Waals surface area (Å²) in [6.07, 6.45) is 1.64. The van der Waals surface area contributed by atoms with Crippen LogP contribution in [0.5, 0.6) is 11.6 Å². The molecule has 0 aliphatic carbocycles. The molecule has 5 aromatic rings. The molecule has 10 heteroatoms. The van der Waals surface area contributed by atoms with Crippen molar-refractivity contribution in [3.8, 4) is 22.8 Å². The summed E-state index contributed by atoms with van der Waals surface area (Å²) in [5.74, 6) is -0.0356. The number of hydrogen-bond donors (Lipinski definition) is 3. The first kappa shape index (κ1) is 23.7. The van der Waals surface area contributed by atoms with Gasteiger partial charge < -0.3 is 26.1 Å². The number of nitrogens with two attached hydrogens (primary N) is 2. The van der Waals surface area contributed by atoms with Gasteiger partial charge in [0.15, 0.2) is 11.2 Å². The predicted octanol–water partition coefficient (Wildman–Crippen LogP) is 5.00. The van der Waals surface area contributed by atoms with Crippen LogP contribution in [-0.2, 0) is 7.05 Å². The smallest absolute Gasteiger partial charge is 0.252 e. The number of aryl methyl sites for hydroxylation is 3. The van der Waals surface area contributed by atoms with Gasteiger partial charge in [0.05, 0.1) is 6.33 Å². The molecule has 0 radical (unpaired) electrons. The predicted molar refractivity (Wildman–Crippen MR) is 140 cm³/mol. The monoisotopic (exact) mass is 497 g/mol. The minimum absolute atomic E-state index is 0.112. The Labute approximate surface area is 211 Å². The molecule has 0 aliphatic rings. The fourth-order valence-corrected chi connectivity index (χ4v) is 4.07. The molecule has 0 aliphatic heterocycles.